The molecule has 2 unspecified atom stereocenters. The SMILES string of the molecule is OC1(C(c2ccccc2)c2cccc(Cl)c2)CCCNC1. The maximum absolute atomic E-state index is 11.2. The molecule has 1 fully saturated rings. The van der Waals surface area contributed by atoms with Crippen molar-refractivity contribution in [1.29, 1.82) is 0 Å². The smallest absolute Gasteiger partial charge is 0.0880 e. The van der Waals surface area contributed by atoms with Gasteiger partial charge < -0.3 is 10.4 Å². The van der Waals surface area contributed by atoms with Gasteiger partial charge in [0, 0.05) is 17.5 Å². The van der Waals surface area contributed by atoms with Crippen molar-refractivity contribution in [2.24, 2.45) is 0 Å². The third kappa shape index (κ3) is 3.13. The molecule has 3 heteroatoms. The van der Waals surface area contributed by atoms with Crippen LogP contribution in [-0.2, 0) is 0 Å². The Kier molecular flexibility index (Phi) is 4.29. The van der Waals surface area contributed by atoms with E-state index in [0.717, 1.165) is 30.5 Å². The lowest BCUT2D eigenvalue weighted by molar-refractivity contribution is 0.00122. The van der Waals surface area contributed by atoms with Crippen LogP contribution in [0.4, 0.5) is 0 Å². The highest BCUT2D eigenvalue weighted by atomic mass is 35.5. The van der Waals surface area contributed by atoms with Crippen LogP contribution in [0.1, 0.15) is 29.9 Å². The molecule has 2 N–H and O–H groups in total. The van der Waals surface area contributed by atoms with Crippen LogP contribution in [0, 0.1) is 0 Å². The van der Waals surface area contributed by atoms with Crippen molar-refractivity contribution in [2.75, 3.05) is 13.1 Å². The van der Waals surface area contributed by atoms with E-state index < -0.39 is 5.60 Å². The number of aliphatic hydroxyl groups is 1. The maximum Gasteiger partial charge on any atom is 0.0880 e. The lowest BCUT2D eigenvalue weighted by Crippen LogP contribution is -2.50. The molecule has 1 heterocycles. The summed E-state index contributed by atoms with van der Waals surface area (Å²) in [5.41, 5.74) is 1.43. The molecule has 0 spiro atoms. The van der Waals surface area contributed by atoms with Gasteiger partial charge in [-0.05, 0) is 42.6 Å². The molecule has 1 saturated heterocycles. The fourth-order valence-electron chi connectivity index (χ4n) is 3.30. The van der Waals surface area contributed by atoms with Gasteiger partial charge in [0.15, 0.2) is 0 Å². The van der Waals surface area contributed by atoms with E-state index in [4.69, 9.17) is 11.6 Å². The molecule has 2 atom stereocenters. The predicted octanol–water partition coefficient (Wildman–Crippen LogP) is 3.59. The van der Waals surface area contributed by atoms with Crippen LogP contribution >= 0.6 is 11.6 Å². The monoisotopic (exact) mass is 301 g/mol. The molecule has 0 radical (unpaired) electrons. The Hall–Kier alpha value is -1.35. The van der Waals surface area contributed by atoms with Gasteiger partial charge in [-0.3, -0.25) is 0 Å². The van der Waals surface area contributed by atoms with Gasteiger partial charge in [-0.1, -0.05) is 54.1 Å². The van der Waals surface area contributed by atoms with Crippen LogP contribution < -0.4 is 5.32 Å². The molecule has 0 saturated carbocycles. The lowest BCUT2D eigenvalue weighted by Gasteiger charge is -2.40. The Morgan fingerprint density at radius 2 is 1.81 bits per heavy atom. The summed E-state index contributed by atoms with van der Waals surface area (Å²) >= 11 is 6.16. The average Bonchev–Trinajstić information content (AvgIpc) is 2.49. The van der Waals surface area contributed by atoms with Gasteiger partial charge in [-0.2, -0.15) is 0 Å². The number of halogens is 1. The van der Waals surface area contributed by atoms with Gasteiger partial charge >= 0.3 is 0 Å². The number of hydrogen-bond donors (Lipinski definition) is 2. The van der Waals surface area contributed by atoms with Crippen molar-refractivity contribution < 1.29 is 5.11 Å². The number of piperidine rings is 1. The van der Waals surface area contributed by atoms with Crippen molar-refractivity contribution in [3.63, 3.8) is 0 Å². The van der Waals surface area contributed by atoms with Crippen LogP contribution in [0.5, 0.6) is 0 Å². The molecule has 110 valence electrons. The largest absolute Gasteiger partial charge is 0.388 e. The van der Waals surface area contributed by atoms with Crippen molar-refractivity contribution in [3.8, 4) is 0 Å². The van der Waals surface area contributed by atoms with Gasteiger partial charge in [0.1, 0.15) is 0 Å². The topological polar surface area (TPSA) is 32.3 Å². The highest BCUT2D eigenvalue weighted by Crippen LogP contribution is 2.39. The molecule has 0 amide bonds. The molecule has 2 aromatic rings. The molecule has 2 nitrogen and oxygen atoms in total. The van der Waals surface area contributed by atoms with E-state index in [9.17, 15) is 5.11 Å². The summed E-state index contributed by atoms with van der Waals surface area (Å²) in [5, 5.41) is 15.3. The van der Waals surface area contributed by atoms with E-state index in [1.54, 1.807) is 0 Å². The maximum atomic E-state index is 11.2. The van der Waals surface area contributed by atoms with Gasteiger partial charge in [0.05, 0.1) is 5.60 Å². The second kappa shape index (κ2) is 6.18. The summed E-state index contributed by atoms with van der Waals surface area (Å²) in [4.78, 5) is 0. The Labute approximate surface area is 130 Å². The molecule has 2 aromatic carbocycles. The third-order valence-corrected chi connectivity index (χ3v) is 4.48. The number of β-amino-alcohol motifs (C(OH)–C–C–N with tert-alkyl or cyclic N) is 1. The minimum Gasteiger partial charge on any atom is -0.388 e. The van der Waals surface area contributed by atoms with Crippen LogP contribution in [0.3, 0.4) is 0 Å². The summed E-state index contributed by atoms with van der Waals surface area (Å²) in [5.74, 6) is -0.0646. The molecular weight excluding hydrogens is 282 g/mol. The molecule has 0 aromatic heterocycles. The summed E-state index contributed by atoms with van der Waals surface area (Å²) in [6.45, 7) is 1.58. The van der Waals surface area contributed by atoms with E-state index in [0.29, 0.717) is 11.6 Å². The first-order valence-corrected chi connectivity index (χ1v) is 7.80. The Morgan fingerprint density at radius 3 is 2.48 bits per heavy atom. The Bertz CT molecular complexity index is 593. The van der Waals surface area contributed by atoms with Crippen molar-refractivity contribution in [2.45, 2.75) is 24.4 Å². The zero-order chi connectivity index (χ0) is 14.7. The molecule has 0 bridgehead atoms. The van der Waals surface area contributed by atoms with Crippen molar-refractivity contribution in [3.05, 3.63) is 70.7 Å². The first kappa shape index (κ1) is 14.6. The van der Waals surface area contributed by atoms with Crippen LogP contribution in [0.25, 0.3) is 0 Å². The van der Waals surface area contributed by atoms with Gasteiger partial charge in [-0.15, -0.1) is 0 Å². The number of rotatable bonds is 3. The first-order valence-electron chi connectivity index (χ1n) is 7.42. The second-order valence-corrected chi connectivity index (χ2v) is 6.22. The van der Waals surface area contributed by atoms with E-state index in [1.165, 1.54) is 0 Å². The fourth-order valence-corrected chi connectivity index (χ4v) is 3.50. The Morgan fingerprint density at radius 1 is 1.05 bits per heavy atom. The van der Waals surface area contributed by atoms with E-state index in [2.05, 4.69) is 23.5 Å². The molecule has 1 aliphatic rings. The summed E-state index contributed by atoms with van der Waals surface area (Å²) < 4.78 is 0. The lowest BCUT2D eigenvalue weighted by atomic mass is 9.74. The Balaban J connectivity index is 2.07. The van der Waals surface area contributed by atoms with Gasteiger partial charge in [-0.25, -0.2) is 0 Å². The van der Waals surface area contributed by atoms with E-state index in [1.807, 2.05) is 36.4 Å². The molecule has 21 heavy (non-hydrogen) atoms. The quantitative estimate of drug-likeness (QED) is 0.908. The first-order chi connectivity index (χ1) is 10.2. The summed E-state index contributed by atoms with van der Waals surface area (Å²) in [6, 6.07) is 18.0. The van der Waals surface area contributed by atoms with Crippen LogP contribution in [0.15, 0.2) is 54.6 Å². The molecular formula is C18H20ClNO. The molecule has 0 aliphatic carbocycles. The number of nitrogens with one attached hydrogen (secondary N) is 1. The van der Waals surface area contributed by atoms with Crippen LogP contribution in [0.2, 0.25) is 5.02 Å². The zero-order valence-corrected chi connectivity index (χ0v) is 12.7. The normalized spacial score (nSPS) is 23.7. The second-order valence-electron chi connectivity index (χ2n) is 5.78. The van der Waals surface area contributed by atoms with Crippen molar-refractivity contribution >= 4 is 11.6 Å². The summed E-state index contributed by atoms with van der Waals surface area (Å²) in [7, 11) is 0. The highest BCUT2D eigenvalue weighted by Gasteiger charge is 2.39. The third-order valence-electron chi connectivity index (χ3n) is 4.25. The zero-order valence-electron chi connectivity index (χ0n) is 11.9. The molecule has 1 aliphatic heterocycles. The predicted molar refractivity (Wildman–Crippen MR) is 86.8 cm³/mol. The van der Waals surface area contributed by atoms with Crippen LogP contribution in [-0.4, -0.2) is 23.8 Å². The van der Waals surface area contributed by atoms with Gasteiger partial charge in [0.2, 0.25) is 0 Å². The van der Waals surface area contributed by atoms with E-state index >= 15 is 0 Å². The van der Waals surface area contributed by atoms with E-state index in [-0.39, 0.29) is 5.92 Å². The fraction of sp³-hybridized carbons (Fsp3) is 0.333. The summed E-state index contributed by atoms with van der Waals surface area (Å²) in [6.07, 6.45) is 1.78. The minimum absolute atomic E-state index is 0.0646. The highest BCUT2D eigenvalue weighted by molar-refractivity contribution is 6.30. The van der Waals surface area contributed by atoms with Crippen molar-refractivity contribution in [1.82, 2.24) is 5.32 Å². The molecule has 3 rings (SSSR count). The standard InChI is InChI=1S/C18H20ClNO/c19-16-9-4-8-15(12-16)17(14-6-2-1-3-7-14)18(21)10-5-11-20-13-18/h1-4,6-9,12,17,20-21H,5,10-11,13H2. The van der Waals surface area contributed by atoms with Gasteiger partial charge in [0.25, 0.3) is 0 Å². The minimum atomic E-state index is -0.774. The number of benzene rings is 2. The average molecular weight is 302 g/mol. The number of hydrogen-bond acceptors (Lipinski definition) is 2.